The molecule has 2 N–H and O–H groups in total. The molecule has 106 valence electrons. The fraction of sp³-hybridized carbons (Fsp3) is 0.176. The van der Waals surface area contributed by atoms with Crippen LogP contribution < -0.4 is 0 Å². The Labute approximate surface area is 122 Å². The Morgan fingerprint density at radius 3 is 2.81 bits per heavy atom. The number of nitrogens with one attached hydrogen (secondary N) is 1. The minimum absolute atomic E-state index is 0.232. The number of nitrogens with zero attached hydrogens (tertiary/aromatic N) is 1. The zero-order chi connectivity index (χ0) is 15.0. The van der Waals surface area contributed by atoms with Crippen molar-refractivity contribution in [2.75, 3.05) is 0 Å². The summed E-state index contributed by atoms with van der Waals surface area (Å²) in [5, 5.41) is 9.21. The molecule has 0 amide bonds. The summed E-state index contributed by atoms with van der Waals surface area (Å²) < 4.78 is 0. The highest BCUT2D eigenvalue weighted by Gasteiger charge is 2.13. The Kier molecular flexibility index (Phi) is 3.22. The topological polar surface area (TPSA) is 66.0 Å². The zero-order valence-corrected chi connectivity index (χ0v) is 12.0. The first-order valence-corrected chi connectivity index (χ1v) is 6.81. The Bertz CT molecular complexity index is 834. The van der Waals surface area contributed by atoms with Crippen LogP contribution in [0.5, 0.6) is 0 Å². The van der Waals surface area contributed by atoms with Gasteiger partial charge in [0.1, 0.15) is 11.3 Å². The average molecular weight is 280 g/mol. The molecule has 0 saturated heterocycles. The van der Waals surface area contributed by atoms with Gasteiger partial charge in [-0.1, -0.05) is 29.8 Å². The lowest BCUT2D eigenvalue weighted by Crippen LogP contribution is -1.97. The van der Waals surface area contributed by atoms with Crippen molar-refractivity contribution >= 4 is 17.0 Å². The maximum atomic E-state index is 11.2. The summed E-state index contributed by atoms with van der Waals surface area (Å²) in [5.41, 5.74) is 5.12. The molecule has 0 fully saturated rings. The fourth-order valence-corrected chi connectivity index (χ4v) is 2.51. The van der Waals surface area contributed by atoms with Crippen LogP contribution in [0.15, 0.2) is 36.4 Å². The van der Waals surface area contributed by atoms with Gasteiger partial charge in [-0.2, -0.15) is 0 Å². The third kappa shape index (κ3) is 2.52. The van der Waals surface area contributed by atoms with Gasteiger partial charge in [-0.05, 0) is 37.1 Å². The molecule has 0 radical (unpaired) electrons. The molecule has 0 spiro atoms. The lowest BCUT2D eigenvalue weighted by Gasteiger charge is -2.04. The molecule has 0 atom stereocenters. The molecule has 4 heteroatoms. The van der Waals surface area contributed by atoms with Crippen molar-refractivity contribution in [1.29, 1.82) is 0 Å². The summed E-state index contributed by atoms with van der Waals surface area (Å²) in [4.78, 5) is 18.9. The predicted molar refractivity (Wildman–Crippen MR) is 81.8 cm³/mol. The third-order valence-electron chi connectivity index (χ3n) is 3.65. The Morgan fingerprint density at radius 1 is 1.24 bits per heavy atom. The van der Waals surface area contributed by atoms with Crippen LogP contribution in [0.2, 0.25) is 0 Å². The Hall–Kier alpha value is -2.62. The van der Waals surface area contributed by atoms with Gasteiger partial charge < -0.3 is 10.1 Å². The van der Waals surface area contributed by atoms with E-state index in [0.717, 1.165) is 11.3 Å². The van der Waals surface area contributed by atoms with Crippen molar-refractivity contribution in [2.24, 2.45) is 0 Å². The second kappa shape index (κ2) is 5.05. The predicted octanol–water partition coefficient (Wildman–Crippen LogP) is 3.47. The second-order valence-corrected chi connectivity index (χ2v) is 5.30. The molecule has 3 rings (SSSR count). The number of H-pyrrole nitrogens is 1. The molecule has 2 aromatic carbocycles. The fourth-order valence-electron chi connectivity index (χ4n) is 2.51. The first kappa shape index (κ1) is 13.4. The van der Waals surface area contributed by atoms with E-state index >= 15 is 0 Å². The summed E-state index contributed by atoms with van der Waals surface area (Å²) in [6.45, 7) is 4.13. The number of carboxylic acid groups (broad SMARTS) is 1. The first-order valence-electron chi connectivity index (χ1n) is 6.81. The Morgan fingerprint density at radius 2 is 2.05 bits per heavy atom. The number of aromatic carboxylic acids is 1. The number of benzene rings is 2. The molecule has 0 aliphatic carbocycles. The number of hydrogen-bond acceptors (Lipinski definition) is 2. The number of aryl methyl sites for hydroxylation is 2. The van der Waals surface area contributed by atoms with Crippen LogP contribution in [0.25, 0.3) is 11.0 Å². The van der Waals surface area contributed by atoms with Gasteiger partial charge in [0.25, 0.3) is 0 Å². The van der Waals surface area contributed by atoms with Crippen LogP contribution in [-0.2, 0) is 6.42 Å². The van der Waals surface area contributed by atoms with Crippen LogP contribution >= 0.6 is 0 Å². The molecule has 0 unspecified atom stereocenters. The van der Waals surface area contributed by atoms with Gasteiger partial charge in [0.15, 0.2) is 0 Å². The summed E-state index contributed by atoms with van der Waals surface area (Å²) in [7, 11) is 0. The minimum Gasteiger partial charge on any atom is -0.478 e. The molecule has 1 heterocycles. The molecule has 0 saturated carbocycles. The average Bonchev–Trinajstić information content (AvgIpc) is 2.84. The van der Waals surface area contributed by atoms with E-state index in [1.807, 2.05) is 6.07 Å². The van der Waals surface area contributed by atoms with Crippen LogP contribution in [0.3, 0.4) is 0 Å². The quantitative estimate of drug-likeness (QED) is 0.772. The van der Waals surface area contributed by atoms with Crippen molar-refractivity contribution in [3.63, 3.8) is 0 Å². The molecule has 3 aromatic rings. The number of fused-ring (bicyclic) bond motifs is 1. The molecular weight excluding hydrogens is 264 g/mol. The maximum Gasteiger partial charge on any atom is 0.337 e. The normalized spacial score (nSPS) is 11.0. The van der Waals surface area contributed by atoms with E-state index in [0.29, 0.717) is 11.9 Å². The van der Waals surface area contributed by atoms with E-state index in [4.69, 9.17) is 0 Å². The summed E-state index contributed by atoms with van der Waals surface area (Å²) in [5.74, 6) is -0.169. The van der Waals surface area contributed by atoms with E-state index in [9.17, 15) is 9.90 Å². The number of rotatable bonds is 3. The molecule has 0 aliphatic heterocycles. The molecular formula is C17H16N2O2. The van der Waals surface area contributed by atoms with E-state index in [2.05, 4.69) is 42.0 Å². The van der Waals surface area contributed by atoms with Gasteiger partial charge in [0.05, 0.1) is 11.1 Å². The molecule has 1 aromatic heterocycles. The highest BCUT2D eigenvalue weighted by Crippen LogP contribution is 2.20. The lowest BCUT2D eigenvalue weighted by atomic mass is 10.0. The van der Waals surface area contributed by atoms with Gasteiger partial charge in [-0.3, -0.25) is 0 Å². The highest BCUT2D eigenvalue weighted by molar-refractivity contribution is 6.00. The first-order chi connectivity index (χ1) is 10.0. The SMILES string of the molecule is Cc1ccc(C)c(Cc2nc3c(C(=O)O)cccc3[nH]2)c1. The van der Waals surface area contributed by atoms with Gasteiger partial charge in [0.2, 0.25) is 0 Å². The van der Waals surface area contributed by atoms with Crippen molar-refractivity contribution < 1.29 is 9.90 Å². The summed E-state index contributed by atoms with van der Waals surface area (Å²) in [6, 6.07) is 11.5. The number of aromatic nitrogens is 2. The smallest absolute Gasteiger partial charge is 0.337 e. The minimum atomic E-state index is -0.953. The maximum absolute atomic E-state index is 11.2. The number of carbonyl (C=O) groups is 1. The number of hydrogen-bond donors (Lipinski definition) is 2. The van der Waals surface area contributed by atoms with E-state index < -0.39 is 5.97 Å². The highest BCUT2D eigenvalue weighted by atomic mass is 16.4. The van der Waals surface area contributed by atoms with E-state index in [1.165, 1.54) is 16.7 Å². The van der Waals surface area contributed by atoms with Crippen molar-refractivity contribution in [3.05, 3.63) is 64.5 Å². The number of imidazole rings is 1. The van der Waals surface area contributed by atoms with Crippen LogP contribution in [-0.4, -0.2) is 21.0 Å². The molecule has 21 heavy (non-hydrogen) atoms. The number of para-hydroxylation sites is 1. The van der Waals surface area contributed by atoms with Gasteiger partial charge in [-0.25, -0.2) is 9.78 Å². The summed E-state index contributed by atoms with van der Waals surface area (Å²) >= 11 is 0. The van der Waals surface area contributed by atoms with Crippen molar-refractivity contribution in [3.8, 4) is 0 Å². The molecule has 0 aliphatic rings. The standard InChI is InChI=1S/C17H16N2O2/c1-10-6-7-11(2)12(8-10)9-15-18-14-5-3-4-13(17(20)21)16(14)19-15/h3-8H,9H2,1-2H3,(H,18,19)(H,20,21). The van der Waals surface area contributed by atoms with Crippen LogP contribution in [0.4, 0.5) is 0 Å². The molecule has 0 bridgehead atoms. The van der Waals surface area contributed by atoms with Crippen molar-refractivity contribution in [1.82, 2.24) is 9.97 Å². The van der Waals surface area contributed by atoms with Gasteiger partial charge >= 0.3 is 5.97 Å². The van der Waals surface area contributed by atoms with Gasteiger partial charge in [-0.15, -0.1) is 0 Å². The van der Waals surface area contributed by atoms with E-state index in [1.54, 1.807) is 12.1 Å². The number of carboxylic acids is 1. The molecule has 4 nitrogen and oxygen atoms in total. The summed E-state index contributed by atoms with van der Waals surface area (Å²) in [6.07, 6.45) is 0.668. The Balaban J connectivity index is 2.04. The lowest BCUT2D eigenvalue weighted by molar-refractivity contribution is 0.0699. The third-order valence-corrected chi connectivity index (χ3v) is 3.65. The zero-order valence-electron chi connectivity index (χ0n) is 12.0. The van der Waals surface area contributed by atoms with Crippen molar-refractivity contribution in [2.45, 2.75) is 20.3 Å². The monoisotopic (exact) mass is 280 g/mol. The van der Waals surface area contributed by atoms with Gasteiger partial charge in [0, 0.05) is 6.42 Å². The van der Waals surface area contributed by atoms with E-state index in [-0.39, 0.29) is 5.56 Å². The second-order valence-electron chi connectivity index (χ2n) is 5.30. The number of aromatic amines is 1. The largest absolute Gasteiger partial charge is 0.478 e. The van der Waals surface area contributed by atoms with Crippen LogP contribution in [0.1, 0.15) is 32.9 Å². The van der Waals surface area contributed by atoms with Crippen LogP contribution in [0, 0.1) is 13.8 Å².